The quantitative estimate of drug-likeness (QED) is 0.568. The Bertz CT molecular complexity index is 376. The van der Waals surface area contributed by atoms with Gasteiger partial charge in [0.25, 0.3) is 0 Å². The Morgan fingerprint density at radius 1 is 1.53 bits per heavy atom. The van der Waals surface area contributed by atoms with Gasteiger partial charge in [-0.2, -0.15) is 0 Å². The first-order chi connectivity index (χ1) is 6.97. The summed E-state index contributed by atoms with van der Waals surface area (Å²) in [6, 6.07) is 1.41. The van der Waals surface area contributed by atoms with Crippen molar-refractivity contribution in [3.05, 3.63) is 16.9 Å². The molecule has 0 fully saturated rings. The van der Waals surface area contributed by atoms with Crippen LogP contribution < -0.4 is 11.5 Å². The number of aliphatic hydroxyl groups excluding tert-OH is 1. The zero-order valence-electron chi connectivity index (χ0n) is 8.13. The predicted octanol–water partition coefficient (Wildman–Crippen LogP) is 2.12. The summed E-state index contributed by atoms with van der Waals surface area (Å²) in [7, 11) is 0. The van der Waals surface area contributed by atoms with Crippen molar-refractivity contribution < 1.29 is 9.50 Å². The molecule has 3 nitrogen and oxygen atoms in total. The number of rotatable bonds is 3. The average Bonchev–Trinajstić information content (AvgIpc) is 2.21. The van der Waals surface area contributed by atoms with Crippen molar-refractivity contribution in [1.29, 1.82) is 0 Å². The molecule has 0 aliphatic carbocycles. The Morgan fingerprint density at radius 2 is 2.13 bits per heavy atom. The zero-order chi connectivity index (χ0) is 11.6. The fourth-order valence-corrected chi connectivity index (χ4v) is 2.09. The Kier molecular flexibility index (Phi) is 4.07. The van der Waals surface area contributed by atoms with E-state index in [1.165, 1.54) is 6.07 Å². The molecule has 0 saturated heterocycles. The van der Waals surface area contributed by atoms with E-state index in [0.29, 0.717) is 0 Å². The summed E-state index contributed by atoms with van der Waals surface area (Å²) < 4.78 is 13.6. The maximum Gasteiger partial charge on any atom is 0.159 e. The normalized spacial score (nSPS) is 12.8. The van der Waals surface area contributed by atoms with Gasteiger partial charge in [-0.1, -0.05) is 18.5 Å². The molecule has 0 amide bonds. The standard InChI is InChI=1S/C9H12ClFN2OS/c1-4(3-14)15-9-6(13)2-5(12)7(10)8(9)11/h2,4,14H,3,12-13H2,1H3. The topological polar surface area (TPSA) is 72.3 Å². The van der Waals surface area contributed by atoms with Crippen LogP contribution in [0.2, 0.25) is 5.02 Å². The summed E-state index contributed by atoms with van der Waals surface area (Å²) >= 11 is 6.78. The first kappa shape index (κ1) is 12.4. The molecule has 0 aliphatic rings. The van der Waals surface area contributed by atoms with Crippen LogP contribution in [0.25, 0.3) is 0 Å². The molecular weight excluding hydrogens is 239 g/mol. The van der Waals surface area contributed by atoms with Crippen molar-refractivity contribution in [3.8, 4) is 0 Å². The molecule has 6 heteroatoms. The highest BCUT2D eigenvalue weighted by molar-refractivity contribution is 8.00. The lowest BCUT2D eigenvalue weighted by atomic mass is 10.3. The molecule has 1 unspecified atom stereocenters. The van der Waals surface area contributed by atoms with Gasteiger partial charge in [-0.15, -0.1) is 11.8 Å². The molecule has 0 aliphatic heterocycles. The van der Waals surface area contributed by atoms with Crippen molar-refractivity contribution in [3.63, 3.8) is 0 Å². The fraction of sp³-hybridized carbons (Fsp3) is 0.333. The molecule has 0 aromatic heterocycles. The molecule has 1 atom stereocenters. The van der Waals surface area contributed by atoms with Crippen molar-refractivity contribution in [2.45, 2.75) is 17.1 Å². The van der Waals surface area contributed by atoms with Crippen LogP contribution in [-0.2, 0) is 0 Å². The van der Waals surface area contributed by atoms with E-state index < -0.39 is 5.82 Å². The zero-order valence-corrected chi connectivity index (χ0v) is 9.70. The van der Waals surface area contributed by atoms with Crippen LogP contribution in [0, 0.1) is 5.82 Å². The lowest BCUT2D eigenvalue weighted by Crippen LogP contribution is -2.05. The minimum atomic E-state index is -0.625. The Balaban J connectivity index is 3.12. The van der Waals surface area contributed by atoms with Crippen molar-refractivity contribution in [1.82, 2.24) is 0 Å². The van der Waals surface area contributed by atoms with Gasteiger partial charge >= 0.3 is 0 Å². The Labute approximate surface area is 96.6 Å². The van der Waals surface area contributed by atoms with E-state index in [4.69, 9.17) is 28.2 Å². The summed E-state index contributed by atoms with van der Waals surface area (Å²) in [6.45, 7) is 1.69. The van der Waals surface area contributed by atoms with Gasteiger partial charge in [-0.05, 0) is 6.07 Å². The average molecular weight is 251 g/mol. The van der Waals surface area contributed by atoms with Gasteiger partial charge in [0.1, 0.15) is 5.02 Å². The van der Waals surface area contributed by atoms with E-state index in [-0.39, 0.29) is 33.1 Å². The predicted molar refractivity (Wildman–Crippen MR) is 62.6 cm³/mol. The molecule has 84 valence electrons. The molecule has 1 aromatic rings. The number of anilines is 2. The van der Waals surface area contributed by atoms with Gasteiger partial charge in [0, 0.05) is 5.25 Å². The number of nitrogens with two attached hydrogens (primary N) is 2. The highest BCUT2D eigenvalue weighted by Gasteiger charge is 2.16. The van der Waals surface area contributed by atoms with E-state index in [0.717, 1.165) is 11.8 Å². The van der Waals surface area contributed by atoms with E-state index in [1.54, 1.807) is 6.92 Å². The minimum Gasteiger partial charge on any atom is -0.398 e. The second-order valence-electron chi connectivity index (χ2n) is 3.12. The monoisotopic (exact) mass is 250 g/mol. The van der Waals surface area contributed by atoms with Crippen molar-refractivity contribution >= 4 is 34.7 Å². The van der Waals surface area contributed by atoms with Crippen LogP contribution in [0.1, 0.15) is 6.92 Å². The third kappa shape index (κ3) is 2.68. The molecule has 15 heavy (non-hydrogen) atoms. The molecule has 0 heterocycles. The SMILES string of the molecule is CC(CO)Sc1c(N)cc(N)c(Cl)c1F. The second kappa shape index (κ2) is 4.92. The highest BCUT2D eigenvalue weighted by atomic mass is 35.5. The fourth-order valence-electron chi connectivity index (χ4n) is 1.01. The van der Waals surface area contributed by atoms with Gasteiger partial charge in [-0.3, -0.25) is 0 Å². The summed E-state index contributed by atoms with van der Waals surface area (Å²) in [4.78, 5) is 0.232. The van der Waals surface area contributed by atoms with Crippen molar-refractivity contribution in [2.24, 2.45) is 0 Å². The molecule has 1 aromatic carbocycles. The maximum absolute atomic E-state index is 13.6. The Morgan fingerprint density at radius 3 is 2.67 bits per heavy atom. The van der Waals surface area contributed by atoms with Gasteiger partial charge in [0.2, 0.25) is 0 Å². The number of aliphatic hydroxyl groups is 1. The van der Waals surface area contributed by atoms with Gasteiger partial charge in [-0.25, -0.2) is 4.39 Å². The Hall–Kier alpha value is -0.650. The number of hydrogen-bond donors (Lipinski definition) is 3. The summed E-state index contributed by atoms with van der Waals surface area (Å²) in [5, 5.41) is 8.58. The van der Waals surface area contributed by atoms with Gasteiger partial charge in [0.05, 0.1) is 22.9 Å². The van der Waals surface area contributed by atoms with E-state index in [9.17, 15) is 4.39 Å². The smallest absolute Gasteiger partial charge is 0.159 e. The minimum absolute atomic E-state index is 0.0639. The molecule has 5 N–H and O–H groups in total. The lowest BCUT2D eigenvalue weighted by molar-refractivity contribution is 0.300. The summed E-state index contributed by atoms with van der Waals surface area (Å²) in [5.41, 5.74) is 11.4. The first-order valence-electron chi connectivity index (χ1n) is 4.27. The first-order valence-corrected chi connectivity index (χ1v) is 5.53. The molecule has 0 spiro atoms. The summed E-state index contributed by atoms with van der Waals surface area (Å²) in [5.74, 6) is -0.625. The molecular formula is C9H12ClFN2OS. The number of benzene rings is 1. The number of thioether (sulfide) groups is 1. The largest absolute Gasteiger partial charge is 0.398 e. The second-order valence-corrected chi connectivity index (χ2v) is 4.95. The lowest BCUT2D eigenvalue weighted by Gasteiger charge is -2.13. The number of hydrogen-bond acceptors (Lipinski definition) is 4. The number of halogens is 2. The van der Waals surface area contributed by atoms with Gasteiger partial charge in [0.15, 0.2) is 5.82 Å². The molecule has 0 radical (unpaired) electrons. The third-order valence-electron chi connectivity index (χ3n) is 1.79. The van der Waals surface area contributed by atoms with Crippen LogP contribution in [0.5, 0.6) is 0 Å². The van der Waals surface area contributed by atoms with Crippen LogP contribution >= 0.6 is 23.4 Å². The van der Waals surface area contributed by atoms with Crippen LogP contribution in [0.15, 0.2) is 11.0 Å². The molecule has 1 rings (SSSR count). The molecule has 0 bridgehead atoms. The highest BCUT2D eigenvalue weighted by Crippen LogP contribution is 2.37. The van der Waals surface area contributed by atoms with Crippen LogP contribution in [0.4, 0.5) is 15.8 Å². The van der Waals surface area contributed by atoms with E-state index in [2.05, 4.69) is 0 Å². The third-order valence-corrected chi connectivity index (χ3v) is 3.38. The number of nitrogen functional groups attached to an aromatic ring is 2. The van der Waals surface area contributed by atoms with Crippen molar-refractivity contribution in [2.75, 3.05) is 18.1 Å². The maximum atomic E-state index is 13.6. The van der Waals surface area contributed by atoms with Crippen LogP contribution in [0.3, 0.4) is 0 Å². The van der Waals surface area contributed by atoms with E-state index >= 15 is 0 Å². The van der Waals surface area contributed by atoms with Crippen LogP contribution in [-0.4, -0.2) is 17.0 Å². The van der Waals surface area contributed by atoms with E-state index in [1.807, 2.05) is 0 Å². The molecule has 0 saturated carbocycles. The van der Waals surface area contributed by atoms with Gasteiger partial charge < -0.3 is 16.6 Å². The summed E-state index contributed by atoms with van der Waals surface area (Å²) in [6.07, 6.45) is 0.